The molecule has 1 N–H and O–H groups in total. The molecule has 46 heavy (non-hydrogen) atoms. The van der Waals surface area contributed by atoms with Gasteiger partial charge in [-0.1, -0.05) is 113 Å². The highest BCUT2D eigenvalue weighted by Gasteiger charge is 2.41. The van der Waals surface area contributed by atoms with Gasteiger partial charge in [-0.3, -0.25) is 9.59 Å². The molecule has 0 radical (unpaired) electrons. The van der Waals surface area contributed by atoms with Gasteiger partial charge in [-0.05, 0) is 105 Å². The SMILES string of the molecule is CC(=O)OC1CC(C)C(=C=C/C(C)=C/C=C/C(C)=C/C=C/C=C(C)/C=C/C=C(\C)C(=O)CC2C(C)CC(O)CC2(C)C)C(C)(C)C1. The van der Waals surface area contributed by atoms with Crippen LogP contribution in [-0.2, 0) is 14.3 Å². The van der Waals surface area contributed by atoms with Crippen LogP contribution >= 0.6 is 0 Å². The zero-order chi connectivity index (χ0) is 34.7. The van der Waals surface area contributed by atoms with Crippen LogP contribution in [0.5, 0.6) is 0 Å². The largest absolute Gasteiger partial charge is 0.463 e. The maximum Gasteiger partial charge on any atom is 0.302 e. The number of allylic oxidation sites excluding steroid dienone is 15. The minimum Gasteiger partial charge on any atom is -0.463 e. The smallest absolute Gasteiger partial charge is 0.302 e. The van der Waals surface area contributed by atoms with Crippen molar-refractivity contribution in [3.05, 3.63) is 100 Å². The molecule has 2 rings (SSSR count). The highest BCUT2D eigenvalue weighted by atomic mass is 16.5. The van der Waals surface area contributed by atoms with Crippen molar-refractivity contribution in [3.8, 4) is 0 Å². The van der Waals surface area contributed by atoms with Gasteiger partial charge in [0.05, 0.1) is 6.10 Å². The van der Waals surface area contributed by atoms with Gasteiger partial charge in [-0.15, -0.1) is 5.73 Å². The molecule has 252 valence electrons. The summed E-state index contributed by atoms with van der Waals surface area (Å²) in [4.78, 5) is 24.4. The van der Waals surface area contributed by atoms with E-state index in [9.17, 15) is 14.7 Å². The summed E-state index contributed by atoms with van der Waals surface area (Å²) in [6.07, 6.45) is 25.8. The van der Waals surface area contributed by atoms with E-state index in [2.05, 4.69) is 97.6 Å². The van der Waals surface area contributed by atoms with Crippen LogP contribution in [-0.4, -0.2) is 29.1 Å². The van der Waals surface area contributed by atoms with Crippen molar-refractivity contribution in [1.82, 2.24) is 0 Å². The van der Waals surface area contributed by atoms with Crippen molar-refractivity contribution in [2.24, 2.45) is 28.6 Å². The molecule has 4 nitrogen and oxygen atoms in total. The quantitative estimate of drug-likeness (QED) is 0.107. The first-order chi connectivity index (χ1) is 21.4. The zero-order valence-electron chi connectivity index (χ0n) is 30.4. The molecule has 0 aromatic rings. The fourth-order valence-corrected chi connectivity index (χ4v) is 7.20. The van der Waals surface area contributed by atoms with E-state index in [1.54, 1.807) is 0 Å². The highest BCUT2D eigenvalue weighted by molar-refractivity contribution is 5.95. The minimum atomic E-state index is -0.260. The maximum absolute atomic E-state index is 12.9. The van der Waals surface area contributed by atoms with Crippen molar-refractivity contribution in [1.29, 1.82) is 0 Å². The summed E-state index contributed by atoms with van der Waals surface area (Å²) < 4.78 is 5.51. The first-order valence-electron chi connectivity index (χ1n) is 17.0. The molecule has 0 aromatic heterocycles. The summed E-state index contributed by atoms with van der Waals surface area (Å²) in [5, 5.41) is 10.2. The Bertz CT molecular complexity index is 1360. The topological polar surface area (TPSA) is 63.6 Å². The molecule has 5 unspecified atom stereocenters. The molecular formula is C42H60O4. The summed E-state index contributed by atoms with van der Waals surface area (Å²) in [6, 6.07) is 0. The number of Topliss-reactive ketones (excluding diaryl/α,β-unsaturated/α-hetero) is 1. The van der Waals surface area contributed by atoms with Gasteiger partial charge in [0, 0.05) is 13.3 Å². The molecule has 0 aromatic carbocycles. The van der Waals surface area contributed by atoms with Gasteiger partial charge >= 0.3 is 5.97 Å². The van der Waals surface area contributed by atoms with Crippen molar-refractivity contribution < 1.29 is 19.4 Å². The van der Waals surface area contributed by atoms with Crippen LogP contribution in [0.2, 0.25) is 0 Å². The number of hydrogen-bond donors (Lipinski definition) is 1. The van der Waals surface area contributed by atoms with Crippen molar-refractivity contribution in [3.63, 3.8) is 0 Å². The number of aliphatic hydroxyl groups is 1. The molecule has 2 aliphatic carbocycles. The summed E-state index contributed by atoms with van der Waals surface area (Å²) >= 11 is 0. The lowest BCUT2D eigenvalue weighted by molar-refractivity contribution is -0.149. The van der Waals surface area contributed by atoms with Gasteiger partial charge in [-0.25, -0.2) is 0 Å². The van der Waals surface area contributed by atoms with Crippen LogP contribution in [0, 0.1) is 28.6 Å². The van der Waals surface area contributed by atoms with Crippen LogP contribution in [0.3, 0.4) is 0 Å². The Morgan fingerprint density at radius 3 is 1.93 bits per heavy atom. The van der Waals surface area contributed by atoms with Crippen LogP contribution in [0.4, 0.5) is 0 Å². The summed E-state index contributed by atoms with van der Waals surface area (Å²) in [7, 11) is 0. The van der Waals surface area contributed by atoms with Crippen LogP contribution in [0.15, 0.2) is 100 Å². The van der Waals surface area contributed by atoms with E-state index in [1.807, 2.05) is 44.2 Å². The first kappa shape index (κ1) is 39.0. The molecule has 0 saturated heterocycles. The van der Waals surface area contributed by atoms with Gasteiger partial charge in [0.25, 0.3) is 0 Å². The first-order valence-corrected chi connectivity index (χ1v) is 17.0. The Balaban J connectivity index is 1.92. The monoisotopic (exact) mass is 628 g/mol. The number of aliphatic hydroxyl groups excluding tert-OH is 1. The number of carbonyl (C=O) groups excluding carboxylic acids is 2. The number of ether oxygens (including phenoxy) is 1. The molecule has 0 bridgehead atoms. The summed E-state index contributed by atoms with van der Waals surface area (Å²) in [5.74, 6) is 0.926. The molecule has 0 aliphatic heterocycles. The van der Waals surface area contributed by atoms with E-state index in [0.29, 0.717) is 18.3 Å². The molecule has 2 aliphatic rings. The second kappa shape index (κ2) is 17.6. The molecule has 0 spiro atoms. The third kappa shape index (κ3) is 12.9. The number of carbonyl (C=O) groups is 2. The molecule has 4 heteroatoms. The van der Waals surface area contributed by atoms with Crippen LogP contribution < -0.4 is 0 Å². The summed E-state index contributed by atoms with van der Waals surface area (Å²) in [6.45, 7) is 22.7. The van der Waals surface area contributed by atoms with Gasteiger partial charge in [-0.2, -0.15) is 0 Å². The van der Waals surface area contributed by atoms with Gasteiger partial charge in [0.15, 0.2) is 5.78 Å². The second-order valence-electron chi connectivity index (χ2n) is 15.1. The third-order valence-electron chi connectivity index (χ3n) is 9.56. The fourth-order valence-electron chi connectivity index (χ4n) is 7.20. The Morgan fingerprint density at radius 2 is 1.39 bits per heavy atom. The average molecular weight is 629 g/mol. The maximum atomic E-state index is 12.9. The van der Waals surface area contributed by atoms with Gasteiger partial charge < -0.3 is 9.84 Å². The molecular weight excluding hydrogens is 568 g/mol. The predicted octanol–water partition coefficient (Wildman–Crippen LogP) is 10.3. The Morgan fingerprint density at radius 1 is 0.826 bits per heavy atom. The number of hydrogen-bond acceptors (Lipinski definition) is 4. The van der Waals surface area contributed by atoms with E-state index in [4.69, 9.17) is 4.74 Å². The average Bonchev–Trinajstić information content (AvgIpc) is 2.91. The van der Waals surface area contributed by atoms with E-state index in [1.165, 1.54) is 12.5 Å². The standard InChI is InChI=1S/C42H60O4/c1-29(18-14-19-31(3)22-23-38-34(6)25-37(46-35(7)43)28-42(38,10)11)16-12-13-17-30(2)20-15-21-32(4)40(45)26-39-33(5)24-36(44)27-41(39,8)9/h12-22,33-34,36-37,39,44H,24-28H2,1-11H3/b13-12+,18-14+,20-15+,29-16+,30-17+,31-19+,32-21+. The van der Waals surface area contributed by atoms with E-state index in [0.717, 1.165) is 48.0 Å². The third-order valence-corrected chi connectivity index (χ3v) is 9.56. The van der Waals surface area contributed by atoms with Gasteiger partial charge in [0.2, 0.25) is 0 Å². The van der Waals surface area contributed by atoms with Crippen molar-refractivity contribution in [2.45, 2.75) is 120 Å². The summed E-state index contributed by atoms with van der Waals surface area (Å²) in [5.41, 5.74) is 8.88. The van der Waals surface area contributed by atoms with E-state index >= 15 is 0 Å². The van der Waals surface area contributed by atoms with Gasteiger partial charge in [0.1, 0.15) is 6.10 Å². The lowest BCUT2D eigenvalue weighted by atomic mass is 9.61. The van der Waals surface area contributed by atoms with Crippen LogP contribution in [0.1, 0.15) is 108 Å². The van der Waals surface area contributed by atoms with E-state index < -0.39 is 0 Å². The number of ketones is 1. The van der Waals surface area contributed by atoms with E-state index in [-0.39, 0.29) is 40.7 Å². The lowest BCUT2D eigenvalue weighted by Gasteiger charge is -2.45. The highest BCUT2D eigenvalue weighted by Crippen LogP contribution is 2.46. The Hall–Kier alpha value is -3.20. The Kier molecular flexibility index (Phi) is 15.0. The normalized spacial score (nSPS) is 27.7. The Labute approximate surface area is 280 Å². The molecule has 5 atom stereocenters. The predicted molar refractivity (Wildman–Crippen MR) is 193 cm³/mol. The molecule has 2 fully saturated rings. The molecule has 0 heterocycles. The minimum absolute atomic E-state index is 0.0261. The fraction of sp³-hybridized carbons (Fsp3) is 0.548. The second-order valence-corrected chi connectivity index (χ2v) is 15.1. The van der Waals surface area contributed by atoms with Crippen molar-refractivity contribution >= 4 is 11.8 Å². The number of rotatable bonds is 11. The lowest BCUT2D eigenvalue weighted by Crippen LogP contribution is -2.41. The zero-order valence-corrected chi connectivity index (χ0v) is 30.4. The van der Waals surface area contributed by atoms with Crippen LogP contribution in [0.25, 0.3) is 0 Å². The molecule has 2 saturated carbocycles. The number of esters is 1. The van der Waals surface area contributed by atoms with Crippen molar-refractivity contribution in [2.75, 3.05) is 0 Å². The molecule has 0 amide bonds.